The first-order valence-corrected chi connectivity index (χ1v) is 3.22. The third kappa shape index (κ3) is 5.50. The molecule has 3 N–H and O–H groups in total. The van der Waals surface area contributed by atoms with Crippen molar-refractivity contribution < 1.29 is 19.4 Å². The van der Waals surface area contributed by atoms with Gasteiger partial charge < -0.3 is 15.6 Å². The molecule has 11 heavy (non-hydrogen) atoms. The smallest absolute Gasteiger partial charge is 0.315 e. The van der Waals surface area contributed by atoms with E-state index >= 15 is 0 Å². The highest BCUT2D eigenvalue weighted by Gasteiger charge is 2.10. The number of nitrogens with two attached hydrogens (primary N) is 1. The van der Waals surface area contributed by atoms with Gasteiger partial charge in [0, 0.05) is 0 Å². The van der Waals surface area contributed by atoms with Crippen LogP contribution in [-0.4, -0.2) is 30.2 Å². The molecular weight excluding hydrogens is 150 g/mol. The summed E-state index contributed by atoms with van der Waals surface area (Å²) in [4.78, 5) is 20.1. The Labute approximate surface area is 64.1 Å². The Kier molecular flexibility index (Phi) is 5.32. The summed E-state index contributed by atoms with van der Waals surface area (Å²) in [5.41, 5.74) is 5.10. The topological polar surface area (TPSA) is 89.6 Å². The Morgan fingerprint density at radius 1 is 1.73 bits per heavy atom. The predicted molar refractivity (Wildman–Crippen MR) is 36.5 cm³/mol. The first-order chi connectivity index (χ1) is 5.20. The maximum absolute atomic E-state index is 10.5. The van der Waals surface area contributed by atoms with Gasteiger partial charge in [0.25, 0.3) is 0 Å². The fourth-order valence-corrected chi connectivity index (χ4v) is 0.589. The van der Waals surface area contributed by atoms with Gasteiger partial charge in [-0.05, 0) is 13.0 Å². The molecule has 0 spiro atoms. The van der Waals surface area contributed by atoms with Crippen LogP contribution in [0.1, 0.15) is 12.8 Å². The Morgan fingerprint density at radius 3 is 2.82 bits per heavy atom. The normalized spacial score (nSPS) is 12.2. The molecule has 64 valence electrons. The largest absolute Gasteiger partial charge is 0.395 e. The molecule has 0 radical (unpaired) electrons. The summed E-state index contributed by atoms with van der Waals surface area (Å²) in [6.45, 7) is 0.340. The van der Waals surface area contributed by atoms with Gasteiger partial charge in [0.2, 0.25) is 0 Å². The molecule has 0 amide bonds. The summed E-state index contributed by atoms with van der Waals surface area (Å²) in [5.74, 6) is -0.735. The van der Waals surface area contributed by atoms with Gasteiger partial charge in [-0.1, -0.05) is 0 Å². The highest BCUT2D eigenvalue weighted by molar-refractivity contribution is 5.76. The molecule has 0 aliphatic rings. The van der Waals surface area contributed by atoms with E-state index in [0.29, 0.717) is 13.0 Å². The molecule has 0 saturated carbocycles. The molecule has 0 rings (SSSR count). The quantitative estimate of drug-likeness (QED) is 0.300. The molecule has 0 heterocycles. The molecule has 0 fully saturated rings. The minimum absolute atomic E-state index is 0.0392. The van der Waals surface area contributed by atoms with Crippen LogP contribution in [-0.2, 0) is 14.3 Å². The van der Waals surface area contributed by atoms with Gasteiger partial charge in [0.15, 0.2) is 0 Å². The Hall–Kier alpha value is -0.940. The molecular formula is C6H11NO4. The molecule has 5 heteroatoms. The van der Waals surface area contributed by atoms with Crippen LogP contribution in [0.2, 0.25) is 0 Å². The summed E-state index contributed by atoms with van der Waals surface area (Å²) in [5, 5.41) is 8.95. The number of ether oxygens (including phenoxy) is 1. The molecule has 1 atom stereocenters. The van der Waals surface area contributed by atoms with E-state index < -0.39 is 12.1 Å². The SMILES string of the molecule is NCCC(O)CC(=O)OC=O. The predicted octanol–water partition coefficient (Wildman–Crippen LogP) is -1.21. The van der Waals surface area contributed by atoms with Crippen LogP contribution < -0.4 is 5.73 Å². The zero-order valence-corrected chi connectivity index (χ0v) is 6.03. The van der Waals surface area contributed by atoms with Crippen LogP contribution in [0.3, 0.4) is 0 Å². The van der Waals surface area contributed by atoms with E-state index in [-0.39, 0.29) is 12.9 Å². The molecule has 5 nitrogen and oxygen atoms in total. The average molecular weight is 161 g/mol. The van der Waals surface area contributed by atoms with Gasteiger partial charge in [-0.25, -0.2) is 0 Å². The second kappa shape index (κ2) is 5.82. The van der Waals surface area contributed by atoms with Gasteiger partial charge in [-0.15, -0.1) is 0 Å². The lowest BCUT2D eigenvalue weighted by Gasteiger charge is -2.05. The molecule has 1 unspecified atom stereocenters. The van der Waals surface area contributed by atoms with E-state index in [9.17, 15) is 9.59 Å². The Morgan fingerprint density at radius 2 is 2.36 bits per heavy atom. The van der Waals surface area contributed by atoms with Crippen molar-refractivity contribution in [2.45, 2.75) is 18.9 Å². The van der Waals surface area contributed by atoms with Gasteiger partial charge in [0.05, 0.1) is 12.5 Å². The van der Waals surface area contributed by atoms with Gasteiger partial charge in [-0.2, -0.15) is 0 Å². The summed E-state index contributed by atoms with van der Waals surface area (Å²) >= 11 is 0. The van der Waals surface area contributed by atoms with Crippen LogP contribution in [0.4, 0.5) is 0 Å². The zero-order valence-electron chi connectivity index (χ0n) is 6.03. The maximum Gasteiger partial charge on any atom is 0.315 e. The van der Waals surface area contributed by atoms with E-state index in [1.165, 1.54) is 0 Å². The average Bonchev–Trinajstić information content (AvgIpc) is 1.87. The standard InChI is InChI=1S/C6H11NO4/c7-2-1-5(9)3-6(10)11-4-8/h4-5,9H,1-3,7H2. The van der Waals surface area contributed by atoms with Crippen molar-refractivity contribution in [2.24, 2.45) is 5.73 Å². The summed E-state index contributed by atoms with van der Waals surface area (Å²) < 4.78 is 3.94. The molecule has 0 aliphatic heterocycles. The lowest BCUT2D eigenvalue weighted by atomic mass is 10.2. The van der Waals surface area contributed by atoms with Crippen LogP contribution in [0.15, 0.2) is 0 Å². The zero-order chi connectivity index (χ0) is 8.69. The van der Waals surface area contributed by atoms with Crippen molar-refractivity contribution in [3.8, 4) is 0 Å². The highest BCUT2D eigenvalue weighted by Crippen LogP contribution is 1.96. The van der Waals surface area contributed by atoms with Gasteiger partial charge in [0.1, 0.15) is 0 Å². The fourth-order valence-electron chi connectivity index (χ4n) is 0.589. The first kappa shape index (κ1) is 10.1. The van der Waals surface area contributed by atoms with Crippen molar-refractivity contribution in [3.05, 3.63) is 0 Å². The Balaban J connectivity index is 3.48. The number of carbonyl (C=O) groups excluding carboxylic acids is 2. The maximum atomic E-state index is 10.5. The third-order valence-electron chi connectivity index (χ3n) is 1.08. The monoisotopic (exact) mass is 161 g/mol. The number of aliphatic hydroxyl groups excluding tert-OH is 1. The van der Waals surface area contributed by atoms with Crippen molar-refractivity contribution >= 4 is 12.4 Å². The van der Waals surface area contributed by atoms with Crippen LogP contribution in [0.25, 0.3) is 0 Å². The number of rotatable bonds is 5. The lowest BCUT2D eigenvalue weighted by molar-refractivity contribution is -0.152. The van der Waals surface area contributed by atoms with Crippen LogP contribution in [0, 0.1) is 0 Å². The van der Waals surface area contributed by atoms with E-state index in [4.69, 9.17) is 10.8 Å². The van der Waals surface area contributed by atoms with E-state index in [1.807, 2.05) is 0 Å². The number of hydrogen-bond acceptors (Lipinski definition) is 5. The first-order valence-electron chi connectivity index (χ1n) is 3.22. The summed E-state index contributed by atoms with van der Waals surface area (Å²) in [6.07, 6.45) is -0.670. The Bertz CT molecular complexity index is 137. The highest BCUT2D eigenvalue weighted by atomic mass is 16.6. The minimum Gasteiger partial charge on any atom is -0.395 e. The number of esters is 1. The minimum atomic E-state index is -0.813. The molecule has 0 bridgehead atoms. The fraction of sp³-hybridized carbons (Fsp3) is 0.667. The molecule has 0 saturated heterocycles. The van der Waals surface area contributed by atoms with Gasteiger partial charge in [-0.3, -0.25) is 9.59 Å². The van der Waals surface area contributed by atoms with E-state index in [1.54, 1.807) is 0 Å². The molecule has 0 aliphatic carbocycles. The number of hydrogen-bond donors (Lipinski definition) is 2. The van der Waals surface area contributed by atoms with Crippen molar-refractivity contribution in [3.63, 3.8) is 0 Å². The van der Waals surface area contributed by atoms with Gasteiger partial charge >= 0.3 is 12.4 Å². The lowest BCUT2D eigenvalue weighted by Crippen LogP contribution is -2.18. The second-order valence-corrected chi connectivity index (χ2v) is 2.02. The van der Waals surface area contributed by atoms with E-state index in [2.05, 4.69) is 4.74 Å². The molecule has 0 aromatic rings. The van der Waals surface area contributed by atoms with Crippen molar-refractivity contribution in [2.75, 3.05) is 6.54 Å². The second-order valence-electron chi connectivity index (χ2n) is 2.02. The molecule has 0 aromatic heterocycles. The summed E-state index contributed by atoms with van der Waals surface area (Å²) in [7, 11) is 0. The van der Waals surface area contributed by atoms with E-state index in [0.717, 1.165) is 0 Å². The van der Waals surface area contributed by atoms with Crippen molar-refractivity contribution in [1.29, 1.82) is 0 Å². The number of carbonyl (C=O) groups is 2. The van der Waals surface area contributed by atoms with Crippen LogP contribution >= 0.6 is 0 Å². The molecule has 0 aromatic carbocycles. The number of aliphatic hydroxyl groups is 1. The summed E-state index contributed by atoms with van der Waals surface area (Å²) in [6, 6.07) is 0. The third-order valence-corrected chi connectivity index (χ3v) is 1.08. The van der Waals surface area contributed by atoms with Crippen molar-refractivity contribution in [1.82, 2.24) is 0 Å². The van der Waals surface area contributed by atoms with Crippen LogP contribution in [0.5, 0.6) is 0 Å².